The molecule has 1 aromatic rings. The molecule has 0 amide bonds. The van der Waals surface area contributed by atoms with Crippen molar-refractivity contribution in [3.05, 3.63) is 18.7 Å². The van der Waals surface area contributed by atoms with E-state index in [0.29, 0.717) is 17.5 Å². The van der Waals surface area contributed by atoms with Crippen molar-refractivity contribution < 1.29 is 0 Å². The zero-order valence-corrected chi connectivity index (χ0v) is 11.5. The van der Waals surface area contributed by atoms with Crippen LogP contribution in [0.5, 0.6) is 0 Å². The summed E-state index contributed by atoms with van der Waals surface area (Å²) in [6.07, 6.45) is 9.79. The third-order valence-electron chi connectivity index (χ3n) is 4.32. The Morgan fingerprint density at radius 2 is 2.06 bits per heavy atom. The minimum absolute atomic E-state index is 0.414. The lowest BCUT2D eigenvalue weighted by molar-refractivity contribution is 0.120. The number of imidazole rings is 1. The van der Waals surface area contributed by atoms with E-state index in [1.54, 1.807) is 0 Å². The summed E-state index contributed by atoms with van der Waals surface area (Å²) in [5, 5.41) is 3.47. The fraction of sp³-hybridized carbons (Fsp3) is 0.786. The summed E-state index contributed by atoms with van der Waals surface area (Å²) in [4.78, 5) is 4.19. The van der Waals surface area contributed by atoms with Crippen molar-refractivity contribution in [1.29, 1.82) is 0 Å². The lowest BCUT2D eigenvalue weighted by atomic mass is 9.69. The van der Waals surface area contributed by atoms with Gasteiger partial charge in [0.25, 0.3) is 0 Å². The molecule has 3 nitrogen and oxygen atoms in total. The molecule has 1 saturated carbocycles. The van der Waals surface area contributed by atoms with Gasteiger partial charge < -0.3 is 9.88 Å². The number of nitrogens with zero attached hydrogens (tertiary/aromatic N) is 2. The predicted molar refractivity (Wildman–Crippen MR) is 70.9 cm³/mol. The van der Waals surface area contributed by atoms with E-state index >= 15 is 0 Å². The van der Waals surface area contributed by atoms with E-state index in [4.69, 9.17) is 0 Å². The lowest BCUT2D eigenvalue weighted by Crippen LogP contribution is -2.42. The van der Waals surface area contributed by atoms with E-state index in [1.807, 2.05) is 12.5 Å². The maximum atomic E-state index is 4.19. The molecule has 17 heavy (non-hydrogen) atoms. The second-order valence-electron chi connectivity index (χ2n) is 6.35. The van der Waals surface area contributed by atoms with Crippen LogP contribution in [0.2, 0.25) is 0 Å². The van der Waals surface area contributed by atoms with Crippen molar-refractivity contribution in [2.45, 2.75) is 52.1 Å². The van der Waals surface area contributed by atoms with Gasteiger partial charge >= 0.3 is 0 Å². The van der Waals surface area contributed by atoms with Crippen LogP contribution in [0.1, 0.15) is 46.1 Å². The lowest BCUT2D eigenvalue weighted by Gasteiger charge is -2.42. The van der Waals surface area contributed by atoms with Gasteiger partial charge in [-0.25, -0.2) is 4.98 Å². The molecule has 0 radical (unpaired) electrons. The average Bonchev–Trinajstić information content (AvgIpc) is 2.80. The number of nitrogens with one attached hydrogen (secondary N) is 1. The summed E-state index contributed by atoms with van der Waals surface area (Å²) in [5.74, 6) is 0.805. The van der Waals surface area contributed by atoms with Gasteiger partial charge in [0.15, 0.2) is 0 Å². The SMILES string of the molecule is CNC1CCC(C(C)(C)C)CC1n1ccnc1. The molecule has 0 aliphatic heterocycles. The second kappa shape index (κ2) is 4.81. The Balaban J connectivity index is 2.15. The van der Waals surface area contributed by atoms with Gasteiger partial charge in [-0.3, -0.25) is 0 Å². The number of hydrogen-bond acceptors (Lipinski definition) is 2. The molecule has 3 atom stereocenters. The second-order valence-corrected chi connectivity index (χ2v) is 6.35. The van der Waals surface area contributed by atoms with Crippen molar-refractivity contribution in [3.8, 4) is 0 Å². The highest BCUT2D eigenvalue weighted by molar-refractivity contribution is 4.94. The van der Waals surface area contributed by atoms with Crippen LogP contribution in [-0.2, 0) is 0 Å². The first-order chi connectivity index (χ1) is 8.02. The Labute approximate surface area is 105 Å². The normalized spacial score (nSPS) is 30.5. The summed E-state index contributed by atoms with van der Waals surface area (Å²) < 4.78 is 2.28. The van der Waals surface area contributed by atoms with Gasteiger partial charge in [0.2, 0.25) is 0 Å². The minimum Gasteiger partial charge on any atom is -0.333 e. The Hall–Kier alpha value is -0.830. The van der Waals surface area contributed by atoms with E-state index in [9.17, 15) is 0 Å². The summed E-state index contributed by atoms with van der Waals surface area (Å²) in [7, 11) is 2.08. The molecule has 0 saturated heterocycles. The summed E-state index contributed by atoms with van der Waals surface area (Å²) in [5.41, 5.74) is 0.414. The van der Waals surface area contributed by atoms with Crippen molar-refractivity contribution in [3.63, 3.8) is 0 Å². The first-order valence-electron chi connectivity index (χ1n) is 6.67. The third kappa shape index (κ3) is 2.71. The molecule has 0 bridgehead atoms. The van der Waals surface area contributed by atoms with Crippen LogP contribution >= 0.6 is 0 Å². The molecule has 96 valence electrons. The van der Waals surface area contributed by atoms with Gasteiger partial charge in [0.1, 0.15) is 0 Å². The highest BCUT2D eigenvalue weighted by Gasteiger charge is 2.35. The smallest absolute Gasteiger partial charge is 0.0949 e. The molecule has 3 heteroatoms. The molecular weight excluding hydrogens is 210 g/mol. The standard InChI is InChI=1S/C14H25N3/c1-14(2,3)11-5-6-12(15-4)13(9-11)17-8-7-16-10-17/h7-8,10-13,15H,5-6,9H2,1-4H3. The van der Waals surface area contributed by atoms with Gasteiger partial charge in [0.05, 0.1) is 12.4 Å². The Bertz CT molecular complexity index is 337. The Kier molecular flexibility index (Phi) is 3.57. The molecule has 0 spiro atoms. The van der Waals surface area contributed by atoms with Crippen molar-refractivity contribution >= 4 is 0 Å². The van der Waals surface area contributed by atoms with Crippen LogP contribution < -0.4 is 5.32 Å². The van der Waals surface area contributed by atoms with Crippen LogP contribution in [0.3, 0.4) is 0 Å². The van der Waals surface area contributed by atoms with Crippen molar-refractivity contribution in [2.75, 3.05) is 7.05 Å². The summed E-state index contributed by atoms with van der Waals surface area (Å²) >= 11 is 0. The van der Waals surface area contributed by atoms with E-state index < -0.39 is 0 Å². The first-order valence-corrected chi connectivity index (χ1v) is 6.67. The predicted octanol–water partition coefficient (Wildman–Crippen LogP) is 2.86. The summed E-state index contributed by atoms with van der Waals surface area (Å²) in [6.45, 7) is 7.09. The monoisotopic (exact) mass is 235 g/mol. The third-order valence-corrected chi connectivity index (χ3v) is 4.32. The zero-order valence-electron chi connectivity index (χ0n) is 11.5. The fourth-order valence-electron chi connectivity index (χ4n) is 3.07. The molecule has 1 fully saturated rings. The molecule has 3 unspecified atom stereocenters. The van der Waals surface area contributed by atoms with E-state index in [2.05, 4.69) is 48.9 Å². The number of likely N-dealkylation sites (N-methyl/N-ethyl adjacent to an activating group) is 1. The van der Waals surface area contributed by atoms with E-state index in [0.717, 1.165) is 5.92 Å². The molecule has 1 aliphatic rings. The van der Waals surface area contributed by atoms with Gasteiger partial charge in [-0.1, -0.05) is 20.8 Å². The molecule has 1 aromatic heterocycles. The maximum Gasteiger partial charge on any atom is 0.0949 e. The maximum absolute atomic E-state index is 4.19. The fourth-order valence-corrected chi connectivity index (χ4v) is 3.07. The quantitative estimate of drug-likeness (QED) is 0.854. The van der Waals surface area contributed by atoms with E-state index in [1.165, 1.54) is 19.3 Å². The zero-order chi connectivity index (χ0) is 12.5. The van der Waals surface area contributed by atoms with Crippen LogP contribution in [0.15, 0.2) is 18.7 Å². The molecular formula is C14H25N3. The molecule has 1 N–H and O–H groups in total. The molecule has 1 aliphatic carbocycles. The van der Waals surface area contributed by atoms with Crippen LogP contribution in [0.4, 0.5) is 0 Å². The average molecular weight is 235 g/mol. The van der Waals surface area contributed by atoms with Crippen LogP contribution in [-0.4, -0.2) is 22.6 Å². The number of aromatic nitrogens is 2. The van der Waals surface area contributed by atoms with E-state index in [-0.39, 0.29) is 0 Å². The van der Waals surface area contributed by atoms with Crippen molar-refractivity contribution in [1.82, 2.24) is 14.9 Å². The van der Waals surface area contributed by atoms with Crippen LogP contribution in [0.25, 0.3) is 0 Å². The molecule has 0 aromatic carbocycles. The highest BCUT2D eigenvalue weighted by Crippen LogP contribution is 2.41. The Morgan fingerprint density at radius 3 is 2.59 bits per heavy atom. The highest BCUT2D eigenvalue weighted by atomic mass is 15.1. The molecule has 1 heterocycles. The number of hydrogen-bond donors (Lipinski definition) is 1. The largest absolute Gasteiger partial charge is 0.333 e. The first kappa shape index (κ1) is 12.6. The van der Waals surface area contributed by atoms with Gasteiger partial charge in [-0.05, 0) is 37.6 Å². The molecule has 2 rings (SSSR count). The summed E-state index contributed by atoms with van der Waals surface area (Å²) in [6, 6.07) is 1.14. The minimum atomic E-state index is 0.414. The topological polar surface area (TPSA) is 29.9 Å². The Morgan fingerprint density at radius 1 is 1.29 bits per heavy atom. The van der Waals surface area contributed by atoms with Crippen LogP contribution in [0, 0.1) is 11.3 Å². The van der Waals surface area contributed by atoms with Crippen molar-refractivity contribution in [2.24, 2.45) is 11.3 Å². The van der Waals surface area contributed by atoms with Gasteiger partial charge in [-0.15, -0.1) is 0 Å². The number of rotatable bonds is 2. The van der Waals surface area contributed by atoms with Gasteiger partial charge in [0, 0.05) is 18.4 Å². The van der Waals surface area contributed by atoms with Gasteiger partial charge in [-0.2, -0.15) is 0 Å².